The van der Waals surface area contributed by atoms with E-state index < -0.39 is 0 Å². The summed E-state index contributed by atoms with van der Waals surface area (Å²) in [6.45, 7) is 2.45. The predicted molar refractivity (Wildman–Crippen MR) is 83.4 cm³/mol. The second-order valence-electron chi connectivity index (χ2n) is 6.68. The van der Waals surface area contributed by atoms with Gasteiger partial charge < -0.3 is 14.8 Å². The van der Waals surface area contributed by atoms with Crippen LogP contribution in [0.3, 0.4) is 0 Å². The average molecular weight is 312 g/mol. The number of benzene rings is 1. The molecule has 3 atom stereocenters. The van der Waals surface area contributed by atoms with Gasteiger partial charge in [0.05, 0.1) is 36.4 Å². The molecule has 1 aromatic heterocycles. The molecular formula is C17H20N4O2. The minimum absolute atomic E-state index is 0.171. The molecule has 1 aliphatic carbocycles. The maximum Gasteiger partial charge on any atom is 0.113 e. The van der Waals surface area contributed by atoms with Crippen LogP contribution in [-0.4, -0.2) is 46.4 Å². The molecule has 2 aromatic rings. The molecule has 23 heavy (non-hydrogen) atoms. The Labute approximate surface area is 134 Å². The Morgan fingerprint density at radius 1 is 1.22 bits per heavy atom. The highest BCUT2D eigenvalue weighted by molar-refractivity contribution is 5.34. The molecule has 6 nitrogen and oxygen atoms in total. The minimum atomic E-state index is 0.171. The van der Waals surface area contributed by atoms with Crippen LogP contribution in [0.15, 0.2) is 30.5 Å². The number of fused-ring (bicyclic) bond motifs is 1. The number of nitrogens with zero attached hydrogens (tertiary/aromatic N) is 3. The zero-order valence-corrected chi connectivity index (χ0v) is 12.9. The van der Waals surface area contributed by atoms with Gasteiger partial charge in [-0.15, -0.1) is 5.10 Å². The van der Waals surface area contributed by atoms with Gasteiger partial charge >= 0.3 is 0 Å². The van der Waals surface area contributed by atoms with Gasteiger partial charge in [0.15, 0.2) is 0 Å². The largest absolute Gasteiger partial charge is 0.369 e. The first kappa shape index (κ1) is 13.7. The van der Waals surface area contributed by atoms with E-state index in [1.807, 2.05) is 10.9 Å². The second kappa shape index (κ2) is 5.40. The van der Waals surface area contributed by atoms with Crippen LogP contribution < -0.4 is 5.32 Å². The lowest BCUT2D eigenvalue weighted by Gasteiger charge is -2.20. The predicted octanol–water partition coefficient (Wildman–Crippen LogP) is 1.40. The normalized spacial score (nSPS) is 29.3. The number of nitrogens with one attached hydrogen (secondary N) is 1. The van der Waals surface area contributed by atoms with Crippen molar-refractivity contribution in [2.75, 3.05) is 13.1 Å². The second-order valence-corrected chi connectivity index (χ2v) is 6.68. The van der Waals surface area contributed by atoms with Crippen LogP contribution >= 0.6 is 0 Å². The van der Waals surface area contributed by atoms with Crippen molar-refractivity contribution in [3.8, 4) is 5.69 Å². The summed E-state index contributed by atoms with van der Waals surface area (Å²) in [4.78, 5) is 0. The Morgan fingerprint density at radius 3 is 2.91 bits per heavy atom. The van der Waals surface area contributed by atoms with Gasteiger partial charge in [0.2, 0.25) is 0 Å². The van der Waals surface area contributed by atoms with Crippen molar-refractivity contribution in [3.63, 3.8) is 0 Å². The smallest absolute Gasteiger partial charge is 0.113 e. The Morgan fingerprint density at radius 2 is 2.09 bits per heavy atom. The highest BCUT2D eigenvalue weighted by Gasteiger charge is 2.48. The molecule has 5 rings (SSSR count). The third kappa shape index (κ3) is 2.78. The number of piperidine rings is 1. The van der Waals surface area contributed by atoms with E-state index in [2.05, 4.69) is 39.9 Å². The fourth-order valence-electron chi connectivity index (χ4n) is 3.20. The first-order chi connectivity index (χ1) is 11.4. The van der Waals surface area contributed by atoms with E-state index in [9.17, 15) is 0 Å². The molecule has 0 amide bonds. The molecule has 3 heterocycles. The van der Waals surface area contributed by atoms with Crippen LogP contribution in [0.2, 0.25) is 0 Å². The summed E-state index contributed by atoms with van der Waals surface area (Å²) in [5.41, 5.74) is 3.32. The summed E-state index contributed by atoms with van der Waals surface area (Å²) in [6.07, 6.45) is 5.37. The number of hydrogen-bond acceptors (Lipinski definition) is 5. The van der Waals surface area contributed by atoms with Gasteiger partial charge in [-0.1, -0.05) is 17.3 Å². The summed E-state index contributed by atoms with van der Waals surface area (Å²) in [5, 5.41) is 11.8. The first-order valence-corrected chi connectivity index (χ1v) is 8.36. The molecule has 2 saturated heterocycles. The van der Waals surface area contributed by atoms with Gasteiger partial charge in [0, 0.05) is 19.0 Å². The number of ether oxygens (including phenoxy) is 2. The summed E-state index contributed by atoms with van der Waals surface area (Å²) in [6, 6.07) is 8.32. The van der Waals surface area contributed by atoms with Crippen molar-refractivity contribution in [2.45, 2.75) is 43.7 Å². The van der Waals surface area contributed by atoms with E-state index in [-0.39, 0.29) is 6.10 Å². The van der Waals surface area contributed by atoms with E-state index >= 15 is 0 Å². The van der Waals surface area contributed by atoms with Crippen molar-refractivity contribution in [1.82, 2.24) is 20.3 Å². The molecule has 0 unspecified atom stereocenters. The Hall–Kier alpha value is -1.76. The van der Waals surface area contributed by atoms with Gasteiger partial charge in [0.25, 0.3) is 0 Å². The SMILES string of the molecule is c1cc(-n2cc(C3CC3)nn2)ccc1CO[C@@H]1CNC[C@H]2O[C@H]12. The summed E-state index contributed by atoms with van der Waals surface area (Å²) in [7, 11) is 0. The number of epoxide rings is 1. The van der Waals surface area contributed by atoms with Gasteiger partial charge in [-0.05, 0) is 30.5 Å². The molecule has 0 radical (unpaired) electrons. The number of aromatic nitrogens is 3. The van der Waals surface area contributed by atoms with Crippen molar-refractivity contribution in [1.29, 1.82) is 0 Å². The highest BCUT2D eigenvalue weighted by Crippen LogP contribution is 2.38. The highest BCUT2D eigenvalue weighted by atomic mass is 16.6. The van der Waals surface area contributed by atoms with E-state index in [1.54, 1.807) is 0 Å². The van der Waals surface area contributed by atoms with Crippen LogP contribution in [0.5, 0.6) is 0 Å². The minimum Gasteiger partial charge on any atom is -0.369 e. The van der Waals surface area contributed by atoms with Crippen molar-refractivity contribution in [3.05, 3.63) is 41.7 Å². The maximum absolute atomic E-state index is 5.99. The Bertz CT molecular complexity index is 695. The Balaban J connectivity index is 1.22. The van der Waals surface area contributed by atoms with Crippen LogP contribution in [0.25, 0.3) is 5.69 Å². The van der Waals surface area contributed by atoms with Crippen LogP contribution in [0, 0.1) is 0 Å². The first-order valence-electron chi connectivity index (χ1n) is 8.36. The van der Waals surface area contributed by atoms with Crippen molar-refractivity contribution >= 4 is 0 Å². The molecular weight excluding hydrogens is 292 g/mol. The molecule has 0 spiro atoms. The van der Waals surface area contributed by atoms with E-state index in [1.165, 1.54) is 18.4 Å². The number of rotatable bonds is 5. The molecule has 3 fully saturated rings. The van der Waals surface area contributed by atoms with Gasteiger partial charge in [0.1, 0.15) is 6.10 Å². The van der Waals surface area contributed by atoms with E-state index in [0.29, 0.717) is 24.7 Å². The molecule has 2 aliphatic heterocycles. The lowest BCUT2D eigenvalue weighted by atomic mass is 10.1. The molecule has 6 heteroatoms. The fraction of sp³-hybridized carbons (Fsp3) is 0.529. The lowest BCUT2D eigenvalue weighted by molar-refractivity contribution is 0.0211. The molecule has 3 aliphatic rings. The molecule has 1 saturated carbocycles. The quantitative estimate of drug-likeness (QED) is 0.846. The van der Waals surface area contributed by atoms with E-state index in [0.717, 1.165) is 24.5 Å². The zero-order chi connectivity index (χ0) is 15.2. The third-order valence-corrected chi connectivity index (χ3v) is 4.85. The van der Waals surface area contributed by atoms with Crippen LogP contribution in [0.1, 0.15) is 30.0 Å². The summed E-state index contributed by atoms with van der Waals surface area (Å²) >= 11 is 0. The molecule has 0 bridgehead atoms. The topological polar surface area (TPSA) is 64.5 Å². The maximum atomic E-state index is 5.99. The Kier molecular flexibility index (Phi) is 3.21. The van der Waals surface area contributed by atoms with Crippen LogP contribution in [0.4, 0.5) is 0 Å². The lowest BCUT2D eigenvalue weighted by Crippen LogP contribution is -2.41. The molecule has 120 valence electrons. The van der Waals surface area contributed by atoms with Gasteiger partial charge in [-0.3, -0.25) is 0 Å². The zero-order valence-electron chi connectivity index (χ0n) is 12.9. The molecule has 1 aromatic carbocycles. The van der Waals surface area contributed by atoms with Crippen molar-refractivity contribution < 1.29 is 9.47 Å². The average Bonchev–Trinajstić information content (AvgIpc) is 3.51. The van der Waals surface area contributed by atoms with Gasteiger partial charge in [-0.2, -0.15) is 0 Å². The number of hydrogen-bond donors (Lipinski definition) is 1. The van der Waals surface area contributed by atoms with Crippen LogP contribution in [-0.2, 0) is 16.1 Å². The van der Waals surface area contributed by atoms with Gasteiger partial charge in [-0.25, -0.2) is 4.68 Å². The standard InChI is InChI=1S/C17H20N4O2/c1-5-13(21-9-14(19-20-21)12-3-4-12)6-2-11(1)10-22-15-7-18-8-16-17(15)23-16/h1-2,5-6,9,12,15-18H,3-4,7-8,10H2/t15-,16-,17-/m1/s1. The third-order valence-electron chi connectivity index (χ3n) is 4.85. The van der Waals surface area contributed by atoms with Crippen molar-refractivity contribution in [2.24, 2.45) is 0 Å². The van der Waals surface area contributed by atoms with E-state index in [4.69, 9.17) is 9.47 Å². The summed E-state index contributed by atoms with van der Waals surface area (Å²) in [5.74, 6) is 0.633. The molecule has 1 N–H and O–H groups in total. The fourth-order valence-corrected chi connectivity index (χ4v) is 3.20. The summed E-state index contributed by atoms with van der Waals surface area (Å²) < 4.78 is 13.4. The monoisotopic (exact) mass is 312 g/mol.